The standard InChI is InChI=1S/C23H29BrN2O3/c1-5-26(6-2)23(28)17-7-10-19(11-8-17)25-22(27)20-15-18(24)9-12-21(20)29-14-13-16(3)4/h7-12,15-16H,5-6,13-14H2,1-4H3,(H,25,27). The van der Waals surface area contributed by atoms with Crippen molar-refractivity contribution in [2.24, 2.45) is 5.92 Å². The molecule has 0 fully saturated rings. The van der Waals surface area contributed by atoms with E-state index in [4.69, 9.17) is 4.74 Å². The molecule has 0 atom stereocenters. The summed E-state index contributed by atoms with van der Waals surface area (Å²) in [6.45, 7) is 10.1. The molecule has 0 saturated carbocycles. The summed E-state index contributed by atoms with van der Waals surface area (Å²) in [4.78, 5) is 27.0. The van der Waals surface area contributed by atoms with Gasteiger partial charge in [0.2, 0.25) is 0 Å². The number of carbonyl (C=O) groups is 2. The summed E-state index contributed by atoms with van der Waals surface area (Å²) in [6, 6.07) is 12.4. The van der Waals surface area contributed by atoms with Crippen molar-refractivity contribution in [2.45, 2.75) is 34.1 Å². The summed E-state index contributed by atoms with van der Waals surface area (Å²) < 4.78 is 6.64. The summed E-state index contributed by atoms with van der Waals surface area (Å²) in [5.74, 6) is 0.814. The Morgan fingerprint density at radius 2 is 1.72 bits per heavy atom. The van der Waals surface area contributed by atoms with Gasteiger partial charge >= 0.3 is 0 Å². The average Bonchev–Trinajstić information content (AvgIpc) is 2.70. The summed E-state index contributed by atoms with van der Waals surface area (Å²) in [5.41, 5.74) is 1.69. The lowest BCUT2D eigenvalue weighted by atomic mass is 10.1. The third kappa shape index (κ3) is 6.60. The van der Waals surface area contributed by atoms with Gasteiger partial charge < -0.3 is 15.0 Å². The maximum atomic E-state index is 12.8. The first-order chi connectivity index (χ1) is 13.8. The van der Waals surface area contributed by atoms with Crippen LogP contribution in [0.25, 0.3) is 0 Å². The zero-order valence-electron chi connectivity index (χ0n) is 17.5. The molecular formula is C23H29BrN2O3. The van der Waals surface area contributed by atoms with E-state index in [1.165, 1.54) is 0 Å². The molecule has 6 heteroatoms. The number of halogens is 1. The largest absolute Gasteiger partial charge is 0.493 e. The van der Waals surface area contributed by atoms with Crippen LogP contribution >= 0.6 is 15.9 Å². The lowest BCUT2D eigenvalue weighted by molar-refractivity contribution is 0.0773. The van der Waals surface area contributed by atoms with Gasteiger partial charge in [-0.1, -0.05) is 29.8 Å². The normalized spacial score (nSPS) is 10.7. The highest BCUT2D eigenvalue weighted by atomic mass is 79.9. The van der Waals surface area contributed by atoms with Crippen LogP contribution in [0.5, 0.6) is 5.75 Å². The summed E-state index contributed by atoms with van der Waals surface area (Å²) >= 11 is 3.42. The Bertz CT molecular complexity index is 831. The van der Waals surface area contributed by atoms with Gasteiger partial charge in [-0.15, -0.1) is 0 Å². The Labute approximate surface area is 181 Å². The van der Waals surface area contributed by atoms with Gasteiger partial charge in [0.05, 0.1) is 12.2 Å². The van der Waals surface area contributed by atoms with Crippen molar-refractivity contribution in [1.82, 2.24) is 4.90 Å². The van der Waals surface area contributed by atoms with Crippen molar-refractivity contribution in [3.05, 3.63) is 58.1 Å². The van der Waals surface area contributed by atoms with E-state index in [9.17, 15) is 9.59 Å². The van der Waals surface area contributed by atoms with Gasteiger partial charge in [-0.2, -0.15) is 0 Å². The van der Waals surface area contributed by atoms with Crippen molar-refractivity contribution < 1.29 is 14.3 Å². The van der Waals surface area contributed by atoms with E-state index in [0.717, 1.165) is 10.9 Å². The molecule has 0 unspecified atom stereocenters. The number of hydrogen-bond acceptors (Lipinski definition) is 3. The van der Waals surface area contributed by atoms with Crippen LogP contribution in [-0.4, -0.2) is 36.4 Å². The minimum absolute atomic E-state index is 0.0132. The zero-order chi connectivity index (χ0) is 21.4. The zero-order valence-corrected chi connectivity index (χ0v) is 19.1. The highest BCUT2D eigenvalue weighted by Gasteiger charge is 2.15. The first-order valence-corrected chi connectivity index (χ1v) is 10.8. The number of nitrogens with zero attached hydrogens (tertiary/aromatic N) is 1. The maximum Gasteiger partial charge on any atom is 0.259 e. The van der Waals surface area contributed by atoms with E-state index in [0.29, 0.717) is 48.2 Å². The Balaban J connectivity index is 2.11. The van der Waals surface area contributed by atoms with Crippen molar-refractivity contribution in [2.75, 3.05) is 25.0 Å². The van der Waals surface area contributed by atoms with Crippen LogP contribution in [0.2, 0.25) is 0 Å². The number of nitrogens with one attached hydrogen (secondary N) is 1. The van der Waals surface area contributed by atoms with Crippen LogP contribution in [0.1, 0.15) is 54.8 Å². The van der Waals surface area contributed by atoms with E-state index < -0.39 is 0 Å². The number of benzene rings is 2. The van der Waals surface area contributed by atoms with E-state index in [1.807, 2.05) is 19.9 Å². The van der Waals surface area contributed by atoms with Gasteiger partial charge in [0.1, 0.15) is 5.75 Å². The van der Waals surface area contributed by atoms with Gasteiger partial charge in [-0.25, -0.2) is 0 Å². The molecule has 0 aliphatic heterocycles. The predicted molar refractivity (Wildman–Crippen MR) is 121 cm³/mol. The third-order valence-corrected chi connectivity index (χ3v) is 5.07. The molecule has 156 valence electrons. The fraction of sp³-hybridized carbons (Fsp3) is 0.391. The van der Waals surface area contributed by atoms with Gasteiger partial charge in [0, 0.05) is 28.8 Å². The monoisotopic (exact) mass is 460 g/mol. The highest BCUT2D eigenvalue weighted by Crippen LogP contribution is 2.25. The van der Waals surface area contributed by atoms with Gasteiger partial charge in [-0.05, 0) is 68.7 Å². The van der Waals surface area contributed by atoms with Crippen LogP contribution < -0.4 is 10.1 Å². The fourth-order valence-corrected chi connectivity index (χ4v) is 3.16. The molecule has 0 heterocycles. The Kier molecular flexibility index (Phi) is 8.70. The second-order valence-electron chi connectivity index (χ2n) is 7.18. The molecular weight excluding hydrogens is 432 g/mol. The molecule has 0 spiro atoms. The maximum absolute atomic E-state index is 12.8. The molecule has 5 nitrogen and oxygen atoms in total. The molecule has 1 N–H and O–H groups in total. The number of anilines is 1. The molecule has 0 bridgehead atoms. The van der Waals surface area contributed by atoms with Gasteiger partial charge in [-0.3, -0.25) is 9.59 Å². The molecule has 0 saturated heterocycles. The summed E-state index contributed by atoms with van der Waals surface area (Å²) in [5, 5.41) is 2.88. The highest BCUT2D eigenvalue weighted by molar-refractivity contribution is 9.10. The van der Waals surface area contributed by atoms with E-state index in [-0.39, 0.29) is 11.8 Å². The molecule has 2 amide bonds. The van der Waals surface area contributed by atoms with Gasteiger partial charge in [0.15, 0.2) is 0 Å². The first-order valence-electron chi connectivity index (χ1n) is 9.98. The molecule has 0 aliphatic rings. The molecule has 0 aromatic heterocycles. The van der Waals surface area contributed by atoms with E-state index in [1.54, 1.807) is 41.3 Å². The minimum Gasteiger partial charge on any atom is -0.493 e. The number of hydrogen-bond donors (Lipinski definition) is 1. The number of amides is 2. The SMILES string of the molecule is CCN(CC)C(=O)c1ccc(NC(=O)c2cc(Br)ccc2OCCC(C)C)cc1. The second-order valence-corrected chi connectivity index (χ2v) is 8.10. The summed E-state index contributed by atoms with van der Waals surface area (Å²) in [6.07, 6.45) is 0.916. The summed E-state index contributed by atoms with van der Waals surface area (Å²) in [7, 11) is 0. The lowest BCUT2D eigenvalue weighted by Crippen LogP contribution is -2.30. The molecule has 29 heavy (non-hydrogen) atoms. The van der Waals surface area contributed by atoms with Crippen molar-refractivity contribution >= 4 is 33.4 Å². The van der Waals surface area contributed by atoms with Crippen molar-refractivity contribution in [3.8, 4) is 5.75 Å². The van der Waals surface area contributed by atoms with Crippen LogP contribution in [0.3, 0.4) is 0 Å². The molecule has 2 rings (SSSR count). The van der Waals surface area contributed by atoms with Crippen molar-refractivity contribution in [3.63, 3.8) is 0 Å². The lowest BCUT2D eigenvalue weighted by Gasteiger charge is -2.18. The number of rotatable bonds is 9. The number of ether oxygens (including phenoxy) is 1. The van der Waals surface area contributed by atoms with Crippen molar-refractivity contribution in [1.29, 1.82) is 0 Å². The topological polar surface area (TPSA) is 58.6 Å². The minimum atomic E-state index is -0.256. The molecule has 2 aromatic rings. The Morgan fingerprint density at radius 3 is 2.31 bits per heavy atom. The van der Waals surface area contributed by atoms with E-state index >= 15 is 0 Å². The molecule has 0 aliphatic carbocycles. The van der Waals surface area contributed by atoms with Crippen LogP contribution in [-0.2, 0) is 0 Å². The predicted octanol–water partition coefficient (Wildman–Crippen LogP) is 5.61. The van der Waals surface area contributed by atoms with Gasteiger partial charge in [0.25, 0.3) is 11.8 Å². The van der Waals surface area contributed by atoms with Crippen LogP contribution in [0.15, 0.2) is 46.9 Å². The van der Waals surface area contributed by atoms with Crippen LogP contribution in [0.4, 0.5) is 5.69 Å². The second kappa shape index (κ2) is 11.0. The fourth-order valence-electron chi connectivity index (χ4n) is 2.80. The third-order valence-electron chi connectivity index (χ3n) is 4.58. The smallest absolute Gasteiger partial charge is 0.259 e. The number of carbonyl (C=O) groups excluding carboxylic acids is 2. The molecule has 2 aromatic carbocycles. The average molecular weight is 461 g/mol. The quantitative estimate of drug-likeness (QED) is 0.528. The Morgan fingerprint density at radius 1 is 1.07 bits per heavy atom. The molecule has 0 radical (unpaired) electrons. The first kappa shape index (κ1) is 22.9. The van der Waals surface area contributed by atoms with Crippen LogP contribution in [0, 0.1) is 5.92 Å². The Hall–Kier alpha value is -2.34. The van der Waals surface area contributed by atoms with E-state index in [2.05, 4.69) is 35.1 Å².